The topological polar surface area (TPSA) is 67.1 Å². The van der Waals surface area contributed by atoms with Gasteiger partial charge < -0.3 is 14.2 Å². The molecule has 0 bridgehead atoms. The van der Waals surface area contributed by atoms with Crippen LogP contribution in [0.15, 0.2) is 18.3 Å². The van der Waals surface area contributed by atoms with E-state index in [0.717, 1.165) is 56.3 Å². The molecule has 21 heavy (non-hydrogen) atoms. The number of rotatable bonds is 4. The van der Waals surface area contributed by atoms with Crippen LogP contribution in [0, 0.1) is 0 Å². The smallest absolute Gasteiger partial charge is 0.337 e. The van der Waals surface area contributed by atoms with Gasteiger partial charge >= 0.3 is 5.97 Å². The maximum Gasteiger partial charge on any atom is 0.337 e. The summed E-state index contributed by atoms with van der Waals surface area (Å²) in [4.78, 5) is 18.1. The molecule has 6 heteroatoms. The average Bonchev–Trinajstić information content (AvgIpc) is 2.85. The van der Waals surface area contributed by atoms with Crippen molar-refractivity contribution in [1.82, 2.24) is 14.3 Å². The minimum absolute atomic E-state index is 0.283. The van der Waals surface area contributed by atoms with Crippen LogP contribution in [-0.4, -0.2) is 51.7 Å². The summed E-state index contributed by atoms with van der Waals surface area (Å²) in [6.45, 7) is 6.14. The first kappa shape index (κ1) is 14.0. The van der Waals surface area contributed by atoms with Crippen molar-refractivity contribution in [3.8, 4) is 0 Å². The summed E-state index contributed by atoms with van der Waals surface area (Å²) in [7, 11) is 0. The first-order chi connectivity index (χ1) is 10.2. The standard InChI is InChI=1S/C15H19N3O3/c1-2-12-13(10-17-5-7-21-8-6-17)18-9-11(15(19)20)3-4-14(18)16-12/h3-4,9H,2,5-8,10H2,1H3,(H,19,20). The summed E-state index contributed by atoms with van der Waals surface area (Å²) in [6.07, 6.45) is 2.50. The molecule has 0 saturated carbocycles. The van der Waals surface area contributed by atoms with Gasteiger partial charge in [-0.25, -0.2) is 9.78 Å². The van der Waals surface area contributed by atoms with Crippen LogP contribution >= 0.6 is 0 Å². The Morgan fingerprint density at radius 3 is 2.81 bits per heavy atom. The molecule has 1 N–H and O–H groups in total. The van der Waals surface area contributed by atoms with Gasteiger partial charge in [-0.1, -0.05) is 6.92 Å². The molecular formula is C15H19N3O3. The van der Waals surface area contributed by atoms with E-state index in [0.29, 0.717) is 0 Å². The highest BCUT2D eigenvalue weighted by molar-refractivity contribution is 5.87. The van der Waals surface area contributed by atoms with Gasteiger partial charge in [-0.2, -0.15) is 0 Å². The number of carboxylic acids is 1. The van der Waals surface area contributed by atoms with Crippen molar-refractivity contribution in [3.05, 3.63) is 35.3 Å². The second-order valence-corrected chi connectivity index (χ2v) is 5.20. The lowest BCUT2D eigenvalue weighted by atomic mass is 10.2. The molecule has 0 radical (unpaired) electrons. The van der Waals surface area contributed by atoms with Gasteiger partial charge in [0.1, 0.15) is 5.65 Å². The van der Waals surface area contributed by atoms with E-state index < -0.39 is 5.97 Å². The lowest BCUT2D eigenvalue weighted by molar-refractivity contribution is 0.0334. The van der Waals surface area contributed by atoms with Crippen LogP contribution in [-0.2, 0) is 17.7 Å². The van der Waals surface area contributed by atoms with Gasteiger partial charge in [-0.05, 0) is 18.6 Å². The molecule has 0 aliphatic carbocycles. The summed E-state index contributed by atoms with van der Waals surface area (Å²) < 4.78 is 7.29. The Morgan fingerprint density at radius 2 is 2.14 bits per heavy atom. The van der Waals surface area contributed by atoms with Gasteiger partial charge in [0.25, 0.3) is 0 Å². The minimum Gasteiger partial charge on any atom is -0.478 e. The predicted octanol–water partition coefficient (Wildman–Crippen LogP) is 1.43. The molecule has 0 atom stereocenters. The number of hydrogen-bond acceptors (Lipinski definition) is 4. The fourth-order valence-corrected chi connectivity index (χ4v) is 2.69. The number of ether oxygens (including phenoxy) is 1. The second kappa shape index (κ2) is 5.83. The number of imidazole rings is 1. The SMILES string of the molecule is CCc1nc2ccc(C(=O)O)cn2c1CN1CCOCC1. The van der Waals surface area contributed by atoms with Crippen LogP contribution in [0.2, 0.25) is 0 Å². The van der Waals surface area contributed by atoms with Crippen molar-refractivity contribution in [3.63, 3.8) is 0 Å². The highest BCUT2D eigenvalue weighted by Gasteiger charge is 2.17. The summed E-state index contributed by atoms with van der Waals surface area (Å²) in [5.74, 6) is -0.916. The number of carboxylic acid groups (broad SMARTS) is 1. The van der Waals surface area contributed by atoms with E-state index >= 15 is 0 Å². The highest BCUT2D eigenvalue weighted by atomic mass is 16.5. The maximum absolute atomic E-state index is 11.2. The Labute approximate surface area is 123 Å². The van der Waals surface area contributed by atoms with Crippen LogP contribution in [0.25, 0.3) is 5.65 Å². The van der Waals surface area contributed by atoms with Crippen LogP contribution in [0.4, 0.5) is 0 Å². The molecule has 3 heterocycles. The number of aryl methyl sites for hydroxylation is 1. The number of fused-ring (bicyclic) bond motifs is 1. The Bertz CT molecular complexity index is 659. The van der Waals surface area contributed by atoms with Crippen LogP contribution in [0.5, 0.6) is 0 Å². The lowest BCUT2D eigenvalue weighted by Crippen LogP contribution is -2.36. The van der Waals surface area contributed by atoms with Gasteiger partial charge in [-0.15, -0.1) is 0 Å². The molecule has 1 saturated heterocycles. The molecular weight excluding hydrogens is 270 g/mol. The van der Waals surface area contributed by atoms with Crippen molar-refractivity contribution in [2.24, 2.45) is 0 Å². The number of nitrogens with zero attached hydrogens (tertiary/aromatic N) is 3. The fraction of sp³-hybridized carbons (Fsp3) is 0.467. The molecule has 0 aromatic carbocycles. The van der Waals surface area contributed by atoms with Crippen molar-refractivity contribution < 1.29 is 14.6 Å². The summed E-state index contributed by atoms with van der Waals surface area (Å²) in [5, 5.41) is 9.16. The van der Waals surface area contributed by atoms with Crippen LogP contribution < -0.4 is 0 Å². The van der Waals surface area contributed by atoms with E-state index in [1.54, 1.807) is 18.3 Å². The van der Waals surface area contributed by atoms with E-state index in [4.69, 9.17) is 9.84 Å². The van der Waals surface area contributed by atoms with E-state index in [2.05, 4.69) is 16.8 Å². The van der Waals surface area contributed by atoms with Crippen molar-refractivity contribution in [1.29, 1.82) is 0 Å². The Balaban J connectivity index is 2.00. The molecule has 0 spiro atoms. The number of pyridine rings is 1. The second-order valence-electron chi connectivity index (χ2n) is 5.20. The van der Waals surface area contributed by atoms with Gasteiger partial charge in [0.05, 0.1) is 30.2 Å². The number of morpholine rings is 1. The molecule has 112 valence electrons. The van der Waals surface area contributed by atoms with Crippen molar-refractivity contribution in [2.45, 2.75) is 19.9 Å². The molecule has 0 unspecified atom stereocenters. The fourth-order valence-electron chi connectivity index (χ4n) is 2.69. The normalized spacial score (nSPS) is 16.4. The highest BCUT2D eigenvalue weighted by Crippen LogP contribution is 2.17. The predicted molar refractivity (Wildman–Crippen MR) is 77.6 cm³/mol. The van der Waals surface area contributed by atoms with Gasteiger partial charge in [0.2, 0.25) is 0 Å². The van der Waals surface area contributed by atoms with Crippen LogP contribution in [0.3, 0.4) is 0 Å². The van der Waals surface area contributed by atoms with Gasteiger partial charge in [-0.3, -0.25) is 4.90 Å². The van der Waals surface area contributed by atoms with Crippen LogP contribution in [0.1, 0.15) is 28.7 Å². The lowest BCUT2D eigenvalue weighted by Gasteiger charge is -2.26. The minimum atomic E-state index is -0.916. The Kier molecular flexibility index (Phi) is 3.90. The third-order valence-electron chi connectivity index (χ3n) is 3.86. The van der Waals surface area contributed by atoms with E-state index in [1.165, 1.54) is 0 Å². The Morgan fingerprint density at radius 1 is 1.38 bits per heavy atom. The zero-order valence-corrected chi connectivity index (χ0v) is 12.1. The quantitative estimate of drug-likeness (QED) is 0.922. The molecule has 1 aliphatic heterocycles. The number of carbonyl (C=O) groups is 1. The molecule has 0 amide bonds. The summed E-state index contributed by atoms with van der Waals surface area (Å²) in [5.41, 5.74) is 3.20. The summed E-state index contributed by atoms with van der Waals surface area (Å²) >= 11 is 0. The third kappa shape index (κ3) is 2.77. The molecule has 2 aromatic rings. The van der Waals surface area contributed by atoms with E-state index in [-0.39, 0.29) is 5.56 Å². The van der Waals surface area contributed by atoms with E-state index in [9.17, 15) is 4.79 Å². The monoisotopic (exact) mass is 289 g/mol. The Hall–Kier alpha value is -1.92. The maximum atomic E-state index is 11.2. The molecule has 1 aliphatic rings. The summed E-state index contributed by atoms with van der Waals surface area (Å²) in [6, 6.07) is 3.37. The number of aromatic carboxylic acids is 1. The van der Waals surface area contributed by atoms with Gasteiger partial charge in [0, 0.05) is 25.8 Å². The number of hydrogen-bond donors (Lipinski definition) is 1. The molecule has 1 fully saturated rings. The van der Waals surface area contributed by atoms with Crippen molar-refractivity contribution in [2.75, 3.05) is 26.3 Å². The van der Waals surface area contributed by atoms with Gasteiger partial charge in [0.15, 0.2) is 0 Å². The molecule has 6 nitrogen and oxygen atoms in total. The molecule has 2 aromatic heterocycles. The zero-order chi connectivity index (χ0) is 14.8. The third-order valence-corrected chi connectivity index (χ3v) is 3.86. The molecule has 3 rings (SSSR count). The van der Waals surface area contributed by atoms with E-state index in [1.807, 2.05) is 4.40 Å². The van der Waals surface area contributed by atoms with Crippen molar-refractivity contribution >= 4 is 11.6 Å². The largest absolute Gasteiger partial charge is 0.478 e. The first-order valence-corrected chi connectivity index (χ1v) is 7.22. The average molecular weight is 289 g/mol. The first-order valence-electron chi connectivity index (χ1n) is 7.22. The zero-order valence-electron chi connectivity index (χ0n) is 12.1. The number of aromatic nitrogens is 2.